The molecule has 114 valence electrons. The minimum Gasteiger partial charge on any atom is -0.475 e. The van der Waals surface area contributed by atoms with Crippen LogP contribution in [0.1, 0.15) is 24.2 Å². The summed E-state index contributed by atoms with van der Waals surface area (Å²) in [4.78, 5) is 14.0. The fourth-order valence-corrected chi connectivity index (χ4v) is 2.50. The van der Waals surface area contributed by atoms with E-state index in [-0.39, 0.29) is 18.8 Å². The van der Waals surface area contributed by atoms with Gasteiger partial charge in [0.15, 0.2) is 17.3 Å². The summed E-state index contributed by atoms with van der Waals surface area (Å²) in [6, 6.07) is 3.42. The molecule has 1 aromatic carbocycles. The van der Waals surface area contributed by atoms with Gasteiger partial charge in [-0.15, -0.1) is 0 Å². The Kier molecular flexibility index (Phi) is 3.98. The van der Waals surface area contributed by atoms with Gasteiger partial charge in [0.05, 0.1) is 18.8 Å². The lowest BCUT2D eigenvalue weighted by atomic mass is 10.1. The molecule has 6 nitrogen and oxygen atoms in total. The van der Waals surface area contributed by atoms with Crippen molar-refractivity contribution >= 4 is 5.78 Å². The standard InChI is InChI=1S/C15H19NO5/c1-10(17)12-7-14-15(20-9-19-14)8-13(12)21-11(2)16-3-5-18-6-4-16/h7-8,11H,3-6,9H2,1-2H3. The number of fused-ring (bicyclic) bond motifs is 1. The first kappa shape index (κ1) is 14.2. The zero-order valence-electron chi connectivity index (χ0n) is 12.3. The SMILES string of the molecule is CC(=O)c1cc2c(cc1OC(C)N1CCOCC1)OCO2. The molecule has 3 rings (SSSR count). The van der Waals surface area contributed by atoms with Crippen LogP contribution in [0.5, 0.6) is 17.2 Å². The van der Waals surface area contributed by atoms with Crippen molar-refractivity contribution in [1.82, 2.24) is 4.90 Å². The summed E-state index contributed by atoms with van der Waals surface area (Å²) in [6.07, 6.45) is -0.132. The number of hydrogen-bond acceptors (Lipinski definition) is 6. The molecule has 0 N–H and O–H groups in total. The summed E-state index contributed by atoms with van der Waals surface area (Å²) >= 11 is 0. The monoisotopic (exact) mass is 293 g/mol. The van der Waals surface area contributed by atoms with Gasteiger partial charge in [0.25, 0.3) is 0 Å². The second-order valence-electron chi connectivity index (χ2n) is 5.12. The Balaban J connectivity index is 1.81. The van der Waals surface area contributed by atoms with Crippen molar-refractivity contribution in [3.63, 3.8) is 0 Å². The predicted molar refractivity (Wildman–Crippen MR) is 75.1 cm³/mol. The van der Waals surface area contributed by atoms with E-state index in [1.54, 1.807) is 12.1 Å². The largest absolute Gasteiger partial charge is 0.475 e. The van der Waals surface area contributed by atoms with E-state index >= 15 is 0 Å². The summed E-state index contributed by atoms with van der Waals surface area (Å²) in [5, 5.41) is 0. The van der Waals surface area contributed by atoms with E-state index in [2.05, 4.69) is 4.90 Å². The Bertz CT molecular complexity index is 539. The molecule has 0 aliphatic carbocycles. The lowest BCUT2D eigenvalue weighted by Gasteiger charge is -2.32. The minimum absolute atomic E-state index is 0.0579. The van der Waals surface area contributed by atoms with Gasteiger partial charge in [-0.3, -0.25) is 9.69 Å². The number of hydrogen-bond donors (Lipinski definition) is 0. The Labute approximate surface area is 123 Å². The lowest BCUT2D eigenvalue weighted by molar-refractivity contribution is -0.0375. The number of nitrogens with zero attached hydrogens (tertiary/aromatic N) is 1. The fourth-order valence-electron chi connectivity index (χ4n) is 2.50. The number of ether oxygens (including phenoxy) is 4. The maximum absolute atomic E-state index is 11.8. The van der Waals surface area contributed by atoms with Crippen LogP contribution in [0.15, 0.2) is 12.1 Å². The minimum atomic E-state index is -0.132. The van der Waals surface area contributed by atoms with Crippen LogP contribution in [-0.4, -0.2) is 50.0 Å². The molecule has 0 radical (unpaired) electrons. The van der Waals surface area contributed by atoms with Crippen LogP contribution in [-0.2, 0) is 4.74 Å². The third-order valence-corrected chi connectivity index (χ3v) is 3.71. The third kappa shape index (κ3) is 2.96. The van der Waals surface area contributed by atoms with Crippen molar-refractivity contribution in [1.29, 1.82) is 0 Å². The van der Waals surface area contributed by atoms with Crippen LogP contribution >= 0.6 is 0 Å². The maximum Gasteiger partial charge on any atom is 0.231 e. The molecule has 2 aliphatic rings. The average Bonchev–Trinajstić information content (AvgIpc) is 2.94. The van der Waals surface area contributed by atoms with Gasteiger partial charge in [-0.2, -0.15) is 0 Å². The van der Waals surface area contributed by atoms with Gasteiger partial charge in [0.1, 0.15) is 12.0 Å². The van der Waals surface area contributed by atoms with E-state index in [0.717, 1.165) is 13.1 Å². The van der Waals surface area contributed by atoms with Crippen LogP contribution in [0.2, 0.25) is 0 Å². The highest BCUT2D eigenvalue weighted by Crippen LogP contribution is 2.38. The highest BCUT2D eigenvalue weighted by atomic mass is 16.7. The molecule has 0 bridgehead atoms. The first-order valence-electron chi connectivity index (χ1n) is 7.08. The van der Waals surface area contributed by atoms with E-state index in [1.165, 1.54) is 6.92 Å². The van der Waals surface area contributed by atoms with Crippen molar-refractivity contribution in [3.05, 3.63) is 17.7 Å². The van der Waals surface area contributed by atoms with Gasteiger partial charge in [-0.05, 0) is 19.9 Å². The molecule has 0 spiro atoms. The summed E-state index contributed by atoms with van der Waals surface area (Å²) in [6.45, 7) is 6.71. The lowest BCUT2D eigenvalue weighted by Crippen LogP contribution is -2.44. The number of carbonyl (C=O) groups is 1. The summed E-state index contributed by atoms with van der Waals surface area (Å²) < 4.78 is 22.0. The fraction of sp³-hybridized carbons (Fsp3) is 0.533. The van der Waals surface area contributed by atoms with Crippen LogP contribution in [0, 0.1) is 0 Å². The quantitative estimate of drug-likeness (QED) is 0.787. The highest BCUT2D eigenvalue weighted by Gasteiger charge is 2.24. The van der Waals surface area contributed by atoms with Crippen molar-refractivity contribution in [2.45, 2.75) is 20.1 Å². The zero-order valence-corrected chi connectivity index (χ0v) is 12.3. The Hall–Kier alpha value is -1.79. The van der Waals surface area contributed by atoms with Gasteiger partial charge < -0.3 is 18.9 Å². The molecular weight excluding hydrogens is 274 g/mol. The molecule has 1 atom stereocenters. The molecule has 2 heterocycles. The van der Waals surface area contributed by atoms with Gasteiger partial charge >= 0.3 is 0 Å². The number of morpholine rings is 1. The van der Waals surface area contributed by atoms with E-state index < -0.39 is 0 Å². The number of Topliss-reactive ketones (excluding diaryl/α,β-unsaturated/α-hetero) is 1. The van der Waals surface area contributed by atoms with Crippen molar-refractivity contribution in [2.75, 3.05) is 33.1 Å². The Morgan fingerprint density at radius 3 is 2.57 bits per heavy atom. The van der Waals surface area contributed by atoms with Gasteiger partial charge in [-0.25, -0.2) is 0 Å². The average molecular weight is 293 g/mol. The second kappa shape index (κ2) is 5.91. The van der Waals surface area contributed by atoms with E-state index in [0.29, 0.717) is 36.0 Å². The molecule has 1 unspecified atom stereocenters. The molecular formula is C15H19NO5. The van der Waals surface area contributed by atoms with Crippen molar-refractivity contribution < 1.29 is 23.7 Å². The molecule has 1 aromatic rings. The Morgan fingerprint density at radius 1 is 1.24 bits per heavy atom. The predicted octanol–water partition coefficient (Wildman–Crippen LogP) is 1.67. The van der Waals surface area contributed by atoms with Crippen LogP contribution in [0.3, 0.4) is 0 Å². The maximum atomic E-state index is 11.8. The van der Waals surface area contributed by atoms with Gasteiger partial charge in [-0.1, -0.05) is 0 Å². The zero-order chi connectivity index (χ0) is 14.8. The molecule has 21 heavy (non-hydrogen) atoms. The van der Waals surface area contributed by atoms with E-state index in [9.17, 15) is 4.79 Å². The summed E-state index contributed by atoms with van der Waals surface area (Å²) in [7, 11) is 0. The molecule has 0 amide bonds. The number of rotatable bonds is 4. The van der Waals surface area contributed by atoms with Crippen LogP contribution in [0.4, 0.5) is 0 Å². The number of ketones is 1. The van der Waals surface area contributed by atoms with Gasteiger partial charge in [0, 0.05) is 19.2 Å². The van der Waals surface area contributed by atoms with E-state index in [4.69, 9.17) is 18.9 Å². The molecule has 2 aliphatic heterocycles. The van der Waals surface area contributed by atoms with Gasteiger partial charge in [0.2, 0.25) is 6.79 Å². The summed E-state index contributed by atoms with van der Waals surface area (Å²) in [5.74, 6) is 1.68. The molecule has 6 heteroatoms. The van der Waals surface area contributed by atoms with Crippen LogP contribution in [0.25, 0.3) is 0 Å². The topological polar surface area (TPSA) is 57.2 Å². The first-order valence-corrected chi connectivity index (χ1v) is 7.08. The smallest absolute Gasteiger partial charge is 0.231 e. The third-order valence-electron chi connectivity index (χ3n) is 3.71. The molecule has 0 saturated carbocycles. The van der Waals surface area contributed by atoms with Crippen LogP contribution < -0.4 is 14.2 Å². The van der Waals surface area contributed by atoms with Crippen molar-refractivity contribution in [2.24, 2.45) is 0 Å². The molecule has 1 fully saturated rings. The highest BCUT2D eigenvalue weighted by molar-refractivity contribution is 5.97. The molecule has 1 saturated heterocycles. The number of carbonyl (C=O) groups excluding carboxylic acids is 1. The van der Waals surface area contributed by atoms with Crippen molar-refractivity contribution in [3.8, 4) is 17.2 Å². The Morgan fingerprint density at radius 2 is 1.90 bits per heavy atom. The molecule has 0 aromatic heterocycles. The normalized spacial score (nSPS) is 19.3. The first-order chi connectivity index (χ1) is 10.1. The van der Waals surface area contributed by atoms with E-state index in [1.807, 2.05) is 6.92 Å². The second-order valence-corrected chi connectivity index (χ2v) is 5.12. The number of benzene rings is 1. The summed E-state index contributed by atoms with van der Waals surface area (Å²) in [5.41, 5.74) is 0.513.